The SMILES string of the molecule is CC(C(=O)c1coc2ccccc12)c1ccncc1. The lowest BCUT2D eigenvalue weighted by Crippen LogP contribution is -2.09. The lowest BCUT2D eigenvalue weighted by molar-refractivity contribution is 0.0967. The van der Waals surface area contributed by atoms with Crippen LogP contribution >= 0.6 is 0 Å². The molecular weight excluding hydrogens is 238 g/mol. The molecule has 0 saturated carbocycles. The van der Waals surface area contributed by atoms with Crippen molar-refractivity contribution in [1.82, 2.24) is 4.98 Å². The second kappa shape index (κ2) is 4.69. The average Bonchev–Trinajstić information content (AvgIpc) is 2.90. The van der Waals surface area contributed by atoms with Crippen LogP contribution in [0, 0.1) is 0 Å². The van der Waals surface area contributed by atoms with Crippen molar-refractivity contribution in [2.45, 2.75) is 12.8 Å². The maximum Gasteiger partial charge on any atom is 0.173 e. The number of hydrogen-bond acceptors (Lipinski definition) is 3. The number of pyridine rings is 1. The molecule has 0 saturated heterocycles. The molecule has 0 aliphatic heterocycles. The minimum Gasteiger partial charge on any atom is -0.464 e. The first-order valence-electron chi connectivity index (χ1n) is 6.18. The van der Waals surface area contributed by atoms with E-state index in [1.165, 1.54) is 0 Å². The zero-order chi connectivity index (χ0) is 13.2. The number of benzene rings is 1. The zero-order valence-corrected chi connectivity index (χ0v) is 10.5. The van der Waals surface area contributed by atoms with E-state index >= 15 is 0 Å². The Morgan fingerprint density at radius 3 is 2.68 bits per heavy atom. The lowest BCUT2D eigenvalue weighted by atomic mass is 9.93. The third-order valence-electron chi connectivity index (χ3n) is 3.35. The van der Waals surface area contributed by atoms with Crippen LogP contribution in [0.25, 0.3) is 11.0 Å². The van der Waals surface area contributed by atoms with Crippen molar-refractivity contribution in [3.05, 3.63) is 66.2 Å². The van der Waals surface area contributed by atoms with Crippen LogP contribution in [0.2, 0.25) is 0 Å². The molecule has 0 fully saturated rings. The van der Waals surface area contributed by atoms with Crippen LogP contribution in [-0.2, 0) is 0 Å². The van der Waals surface area contributed by atoms with E-state index in [4.69, 9.17) is 4.42 Å². The van der Waals surface area contributed by atoms with Gasteiger partial charge >= 0.3 is 0 Å². The van der Waals surface area contributed by atoms with Gasteiger partial charge in [-0.25, -0.2) is 0 Å². The number of Topliss-reactive ketones (excluding diaryl/α,β-unsaturated/α-hetero) is 1. The van der Waals surface area contributed by atoms with Gasteiger partial charge in [0.05, 0.1) is 5.56 Å². The second-order valence-corrected chi connectivity index (χ2v) is 4.51. The summed E-state index contributed by atoms with van der Waals surface area (Å²) in [7, 11) is 0. The average molecular weight is 251 g/mol. The van der Waals surface area contributed by atoms with Gasteiger partial charge in [-0.2, -0.15) is 0 Å². The maximum atomic E-state index is 12.5. The van der Waals surface area contributed by atoms with Gasteiger partial charge in [-0.3, -0.25) is 9.78 Å². The van der Waals surface area contributed by atoms with Crippen molar-refractivity contribution in [2.75, 3.05) is 0 Å². The highest BCUT2D eigenvalue weighted by atomic mass is 16.3. The Labute approximate surface area is 110 Å². The normalized spacial score (nSPS) is 12.5. The summed E-state index contributed by atoms with van der Waals surface area (Å²) >= 11 is 0. The Kier molecular flexibility index (Phi) is 2.88. The molecule has 3 heteroatoms. The van der Waals surface area contributed by atoms with Gasteiger partial charge in [-0.05, 0) is 23.8 Å². The maximum absolute atomic E-state index is 12.5. The van der Waals surface area contributed by atoms with Crippen LogP contribution in [0.5, 0.6) is 0 Å². The fourth-order valence-electron chi connectivity index (χ4n) is 2.21. The molecule has 1 aromatic carbocycles. The van der Waals surface area contributed by atoms with Crippen molar-refractivity contribution in [2.24, 2.45) is 0 Å². The standard InChI is InChI=1S/C16H13NO2/c1-11(12-6-8-17-9-7-12)16(18)14-10-19-15-5-3-2-4-13(14)15/h2-11H,1H3. The second-order valence-electron chi connectivity index (χ2n) is 4.51. The highest BCUT2D eigenvalue weighted by molar-refractivity contribution is 6.09. The van der Waals surface area contributed by atoms with Gasteiger partial charge in [0.15, 0.2) is 5.78 Å². The van der Waals surface area contributed by atoms with E-state index < -0.39 is 0 Å². The number of hydrogen-bond donors (Lipinski definition) is 0. The smallest absolute Gasteiger partial charge is 0.173 e. The van der Waals surface area contributed by atoms with Crippen molar-refractivity contribution in [3.63, 3.8) is 0 Å². The van der Waals surface area contributed by atoms with Gasteiger partial charge < -0.3 is 4.42 Å². The summed E-state index contributed by atoms with van der Waals surface area (Å²) in [5.41, 5.74) is 2.35. The topological polar surface area (TPSA) is 43.1 Å². The fraction of sp³-hybridized carbons (Fsp3) is 0.125. The molecule has 2 heterocycles. The Hall–Kier alpha value is -2.42. The van der Waals surface area contributed by atoms with Crippen LogP contribution in [0.1, 0.15) is 28.8 Å². The van der Waals surface area contributed by atoms with E-state index in [0.29, 0.717) is 5.56 Å². The molecule has 0 spiro atoms. The monoisotopic (exact) mass is 251 g/mol. The van der Waals surface area contributed by atoms with Crippen molar-refractivity contribution >= 4 is 16.8 Å². The Morgan fingerprint density at radius 2 is 1.89 bits per heavy atom. The predicted octanol–water partition coefficient (Wildman–Crippen LogP) is 3.81. The molecule has 19 heavy (non-hydrogen) atoms. The molecule has 1 atom stereocenters. The fourth-order valence-corrected chi connectivity index (χ4v) is 2.21. The molecule has 0 N–H and O–H groups in total. The minimum absolute atomic E-state index is 0.0659. The summed E-state index contributed by atoms with van der Waals surface area (Å²) in [6, 6.07) is 11.3. The molecular formula is C16H13NO2. The molecule has 3 rings (SSSR count). The van der Waals surface area contributed by atoms with E-state index in [1.807, 2.05) is 43.3 Å². The first kappa shape index (κ1) is 11.7. The minimum atomic E-state index is -0.205. The molecule has 0 bridgehead atoms. The summed E-state index contributed by atoms with van der Waals surface area (Å²) in [6.45, 7) is 1.90. The summed E-state index contributed by atoms with van der Waals surface area (Å²) in [5.74, 6) is -0.139. The summed E-state index contributed by atoms with van der Waals surface area (Å²) in [5, 5.41) is 0.869. The van der Waals surface area contributed by atoms with Crippen LogP contribution in [-0.4, -0.2) is 10.8 Å². The van der Waals surface area contributed by atoms with Gasteiger partial charge in [-0.15, -0.1) is 0 Å². The Morgan fingerprint density at radius 1 is 1.16 bits per heavy atom. The van der Waals surface area contributed by atoms with E-state index in [2.05, 4.69) is 4.98 Å². The highest BCUT2D eigenvalue weighted by Gasteiger charge is 2.20. The number of carbonyl (C=O) groups excluding carboxylic acids is 1. The van der Waals surface area contributed by atoms with Gasteiger partial charge in [-0.1, -0.05) is 25.1 Å². The first-order valence-corrected chi connectivity index (χ1v) is 6.18. The van der Waals surface area contributed by atoms with Crippen molar-refractivity contribution < 1.29 is 9.21 Å². The molecule has 1 unspecified atom stereocenters. The summed E-state index contributed by atoms with van der Waals surface area (Å²) < 4.78 is 5.42. The molecule has 0 amide bonds. The van der Waals surface area contributed by atoms with E-state index in [0.717, 1.165) is 16.5 Å². The van der Waals surface area contributed by atoms with E-state index in [9.17, 15) is 4.79 Å². The zero-order valence-electron chi connectivity index (χ0n) is 10.5. The number of aromatic nitrogens is 1. The molecule has 3 nitrogen and oxygen atoms in total. The van der Waals surface area contributed by atoms with Gasteiger partial charge in [0.2, 0.25) is 0 Å². The molecule has 3 aromatic rings. The van der Waals surface area contributed by atoms with Gasteiger partial charge in [0, 0.05) is 23.7 Å². The van der Waals surface area contributed by atoms with Crippen LogP contribution in [0.3, 0.4) is 0 Å². The molecule has 0 radical (unpaired) electrons. The summed E-state index contributed by atoms with van der Waals surface area (Å²) in [4.78, 5) is 16.5. The van der Waals surface area contributed by atoms with Gasteiger partial charge in [0.1, 0.15) is 11.8 Å². The third-order valence-corrected chi connectivity index (χ3v) is 3.35. The molecule has 0 aliphatic rings. The van der Waals surface area contributed by atoms with Crippen LogP contribution in [0.4, 0.5) is 0 Å². The van der Waals surface area contributed by atoms with E-state index in [-0.39, 0.29) is 11.7 Å². The number of carbonyl (C=O) groups is 1. The van der Waals surface area contributed by atoms with Crippen molar-refractivity contribution in [3.8, 4) is 0 Å². The molecule has 2 aromatic heterocycles. The lowest BCUT2D eigenvalue weighted by Gasteiger charge is -2.09. The van der Waals surface area contributed by atoms with Crippen molar-refractivity contribution in [1.29, 1.82) is 0 Å². The highest BCUT2D eigenvalue weighted by Crippen LogP contribution is 2.26. The number of fused-ring (bicyclic) bond motifs is 1. The van der Waals surface area contributed by atoms with Crippen LogP contribution < -0.4 is 0 Å². The molecule has 0 aliphatic carbocycles. The number of ketones is 1. The van der Waals surface area contributed by atoms with E-state index in [1.54, 1.807) is 18.7 Å². The third kappa shape index (κ3) is 2.03. The first-order chi connectivity index (χ1) is 9.27. The number of nitrogens with zero attached hydrogens (tertiary/aromatic N) is 1. The Balaban J connectivity index is 2.00. The Bertz CT molecular complexity index is 716. The predicted molar refractivity (Wildman–Crippen MR) is 73.2 cm³/mol. The van der Waals surface area contributed by atoms with Gasteiger partial charge in [0.25, 0.3) is 0 Å². The molecule has 94 valence electrons. The van der Waals surface area contributed by atoms with Crippen LogP contribution in [0.15, 0.2) is 59.5 Å². The number of furan rings is 1. The quantitative estimate of drug-likeness (QED) is 0.665. The largest absolute Gasteiger partial charge is 0.464 e. The number of para-hydroxylation sites is 1. The number of rotatable bonds is 3. The summed E-state index contributed by atoms with van der Waals surface area (Å²) in [6.07, 6.45) is 4.95.